The van der Waals surface area contributed by atoms with Gasteiger partial charge in [-0.25, -0.2) is 9.97 Å². The fourth-order valence-electron chi connectivity index (χ4n) is 3.52. The molecule has 3 aromatic rings. The highest BCUT2D eigenvalue weighted by atomic mass is 16.5. The predicted octanol–water partition coefficient (Wildman–Crippen LogP) is 2.93. The van der Waals surface area contributed by atoms with Gasteiger partial charge in [-0.3, -0.25) is 4.79 Å². The fourth-order valence-corrected chi connectivity index (χ4v) is 3.52. The number of aromatic nitrogens is 2. The third kappa shape index (κ3) is 6.07. The molecule has 1 fully saturated rings. The topological polar surface area (TPSA) is 129 Å². The molecule has 174 valence electrons. The van der Waals surface area contributed by atoms with Gasteiger partial charge >= 0.3 is 0 Å². The van der Waals surface area contributed by atoms with Crippen molar-refractivity contribution in [2.24, 2.45) is 0 Å². The van der Waals surface area contributed by atoms with Crippen LogP contribution in [0, 0.1) is 11.3 Å². The Morgan fingerprint density at radius 1 is 1.18 bits per heavy atom. The molecule has 0 saturated carbocycles. The van der Waals surface area contributed by atoms with Crippen molar-refractivity contribution in [1.82, 2.24) is 15.3 Å². The lowest BCUT2D eigenvalue weighted by molar-refractivity contribution is -0.123. The maximum absolute atomic E-state index is 11.2. The summed E-state index contributed by atoms with van der Waals surface area (Å²) in [5.74, 6) is 0.566. The molecule has 1 amide bonds. The van der Waals surface area contributed by atoms with Crippen LogP contribution in [-0.4, -0.2) is 46.9 Å². The van der Waals surface area contributed by atoms with E-state index in [0.29, 0.717) is 42.7 Å². The second kappa shape index (κ2) is 11.2. The summed E-state index contributed by atoms with van der Waals surface area (Å²) in [6.45, 7) is 1.14. The fraction of sp³-hybridized carbons (Fsp3) is 0.280. The molecule has 1 aliphatic rings. The Bertz CT molecular complexity index is 1170. The molecule has 2 aromatic carbocycles. The Morgan fingerprint density at radius 2 is 1.97 bits per heavy atom. The lowest BCUT2D eigenvalue weighted by Crippen LogP contribution is -2.26. The molecule has 1 saturated heterocycles. The SMILES string of the molecule is N#Cc1cc(-c2ccnc(Nc3ccc(CNC(=O)CO)cc3)n2)ccc1OC1CCOCC1. The van der Waals surface area contributed by atoms with Gasteiger partial charge in [0.1, 0.15) is 24.5 Å². The Labute approximate surface area is 197 Å². The van der Waals surface area contributed by atoms with E-state index >= 15 is 0 Å². The number of carbonyl (C=O) groups is 1. The van der Waals surface area contributed by atoms with Crippen LogP contribution in [0.15, 0.2) is 54.7 Å². The van der Waals surface area contributed by atoms with E-state index < -0.39 is 12.5 Å². The van der Waals surface area contributed by atoms with Crippen molar-refractivity contribution >= 4 is 17.5 Å². The molecule has 1 aliphatic heterocycles. The van der Waals surface area contributed by atoms with Gasteiger partial charge in [-0.2, -0.15) is 5.26 Å². The Morgan fingerprint density at radius 3 is 2.71 bits per heavy atom. The van der Waals surface area contributed by atoms with Crippen LogP contribution in [0.5, 0.6) is 5.75 Å². The molecule has 0 bridgehead atoms. The minimum absolute atomic E-state index is 0.0545. The van der Waals surface area contributed by atoms with Crippen molar-refractivity contribution in [2.75, 3.05) is 25.1 Å². The van der Waals surface area contributed by atoms with E-state index in [1.165, 1.54) is 0 Å². The van der Waals surface area contributed by atoms with Gasteiger partial charge in [-0.15, -0.1) is 0 Å². The molecule has 34 heavy (non-hydrogen) atoms. The standard InChI is InChI=1S/C25H25N5O4/c26-14-19-13-18(3-6-23(19)34-21-8-11-33-12-9-21)22-7-10-27-25(30-22)29-20-4-1-17(2-5-20)15-28-24(32)16-31/h1-7,10,13,21,31H,8-9,11-12,15-16H2,(H,28,32)(H,27,29,30). The second-order valence-electron chi connectivity index (χ2n) is 7.77. The summed E-state index contributed by atoms with van der Waals surface area (Å²) in [5.41, 5.74) is 3.61. The molecule has 3 N–H and O–H groups in total. The number of hydrogen-bond donors (Lipinski definition) is 3. The third-order valence-corrected chi connectivity index (χ3v) is 5.36. The molecule has 9 heteroatoms. The number of nitrogens with zero attached hydrogens (tertiary/aromatic N) is 3. The van der Waals surface area contributed by atoms with E-state index in [-0.39, 0.29) is 6.10 Å². The summed E-state index contributed by atoms with van der Waals surface area (Å²) < 4.78 is 11.4. The van der Waals surface area contributed by atoms with E-state index in [4.69, 9.17) is 14.6 Å². The molecular formula is C25H25N5O4. The average Bonchev–Trinajstić information content (AvgIpc) is 2.89. The van der Waals surface area contributed by atoms with Gasteiger partial charge in [0.05, 0.1) is 24.5 Å². The highest BCUT2D eigenvalue weighted by Gasteiger charge is 2.17. The largest absolute Gasteiger partial charge is 0.489 e. The van der Waals surface area contributed by atoms with E-state index in [2.05, 4.69) is 26.7 Å². The molecule has 4 rings (SSSR count). The molecule has 1 aromatic heterocycles. The minimum Gasteiger partial charge on any atom is -0.489 e. The molecule has 0 spiro atoms. The summed E-state index contributed by atoms with van der Waals surface area (Å²) in [4.78, 5) is 20.0. The predicted molar refractivity (Wildman–Crippen MR) is 125 cm³/mol. The van der Waals surface area contributed by atoms with Crippen LogP contribution < -0.4 is 15.4 Å². The molecule has 2 heterocycles. The summed E-state index contributed by atoms with van der Waals surface area (Å²) in [6.07, 6.45) is 3.33. The van der Waals surface area contributed by atoms with Crippen molar-refractivity contribution in [3.63, 3.8) is 0 Å². The van der Waals surface area contributed by atoms with Gasteiger partial charge in [0.15, 0.2) is 0 Å². The van der Waals surface area contributed by atoms with Gasteiger partial charge in [-0.05, 0) is 42.0 Å². The number of nitrogens with one attached hydrogen (secondary N) is 2. The minimum atomic E-state index is -0.533. The zero-order valence-corrected chi connectivity index (χ0v) is 18.5. The van der Waals surface area contributed by atoms with E-state index in [0.717, 1.165) is 29.7 Å². The second-order valence-corrected chi connectivity index (χ2v) is 7.77. The molecule has 0 aliphatic carbocycles. The molecular weight excluding hydrogens is 434 g/mol. The molecule has 0 atom stereocenters. The summed E-state index contributed by atoms with van der Waals surface area (Å²) in [7, 11) is 0. The van der Waals surface area contributed by atoms with E-state index in [1.54, 1.807) is 18.3 Å². The monoisotopic (exact) mass is 459 g/mol. The van der Waals surface area contributed by atoms with Gasteiger partial charge in [0.25, 0.3) is 0 Å². The smallest absolute Gasteiger partial charge is 0.245 e. The first kappa shape index (κ1) is 23.2. The maximum Gasteiger partial charge on any atom is 0.245 e. The van der Waals surface area contributed by atoms with Gasteiger partial charge < -0.3 is 25.2 Å². The highest BCUT2D eigenvalue weighted by molar-refractivity contribution is 5.76. The van der Waals surface area contributed by atoms with Gasteiger partial charge in [0, 0.05) is 36.8 Å². The highest BCUT2D eigenvalue weighted by Crippen LogP contribution is 2.28. The van der Waals surface area contributed by atoms with Crippen LogP contribution in [-0.2, 0) is 16.1 Å². The zero-order valence-electron chi connectivity index (χ0n) is 18.5. The van der Waals surface area contributed by atoms with Crippen LogP contribution in [0.1, 0.15) is 24.0 Å². The van der Waals surface area contributed by atoms with Crippen molar-refractivity contribution in [2.45, 2.75) is 25.5 Å². The Balaban J connectivity index is 1.44. The molecule has 0 unspecified atom stereocenters. The number of ether oxygens (including phenoxy) is 2. The van der Waals surface area contributed by atoms with Crippen molar-refractivity contribution in [1.29, 1.82) is 5.26 Å². The lowest BCUT2D eigenvalue weighted by Gasteiger charge is -2.23. The zero-order chi connectivity index (χ0) is 23.8. The summed E-state index contributed by atoms with van der Waals surface area (Å²) >= 11 is 0. The van der Waals surface area contributed by atoms with Crippen molar-refractivity contribution in [3.05, 3.63) is 65.9 Å². The van der Waals surface area contributed by atoms with Crippen LogP contribution in [0.3, 0.4) is 0 Å². The quantitative estimate of drug-likeness (QED) is 0.469. The third-order valence-electron chi connectivity index (χ3n) is 5.36. The van der Waals surface area contributed by atoms with E-state index in [9.17, 15) is 10.1 Å². The van der Waals surface area contributed by atoms with Crippen LogP contribution in [0.25, 0.3) is 11.3 Å². The number of carbonyl (C=O) groups excluding carboxylic acids is 1. The van der Waals surface area contributed by atoms with Crippen LogP contribution >= 0.6 is 0 Å². The molecule has 0 radical (unpaired) electrons. The number of rotatable bonds is 8. The number of anilines is 2. The Hall–Kier alpha value is -4.00. The van der Waals surface area contributed by atoms with Gasteiger partial charge in [-0.1, -0.05) is 12.1 Å². The summed E-state index contributed by atoms with van der Waals surface area (Å²) in [6, 6.07) is 16.9. The van der Waals surface area contributed by atoms with E-state index in [1.807, 2.05) is 36.4 Å². The number of hydrogen-bond acceptors (Lipinski definition) is 8. The number of aliphatic hydroxyl groups is 1. The number of amides is 1. The first-order chi connectivity index (χ1) is 16.6. The number of aliphatic hydroxyl groups excluding tert-OH is 1. The summed E-state index contributed by atoms with van der Waals surface area (Å²) in [5, 5.41) is 24.2. The van der Waals surface area contributed by atoms with Gasteiger partial charge in [0.2, 0.25) is 11.9 Å². The average molecular weight is 460 g/mol. The first-order valence-electron chi connectivity index (χ1n) is 11.0. The first-order valence-corrected chi connectivity index (χ1v) is 11.0. The lowest BCUT2D eigenvalue weighted by atomic mass is 10.1. The van der Waals surface area contributed by atoms with Crippen LogP contribution in [0.4, 0.5) is 11.6 Å². The van der Waals surface area contributed by atoms with Crippen molar-refractivity contribution < 1.29 is 19.4 Å². The van der Waals surface area contributed by atoms with Crippen LogP contribution in [0.2, 0.25) is 0 Å². The van der Waals surface area contributed by atoms with Crippen molar-refractivity contribution in [3.8, 4) is 23.1 Å². The Kier molecular flexibility index (Phi) is 7.65. The number of nitriles is 1. The number of benzene rings is 2. The molecule has 9 nitrogen and oxygen atoms in total. The maximum atomic E-state index is 11.2. The normalized spacial score (nSPS) is 13.6.